The molecule has 148 valence electrons. The van der Waals surface area contributed by atoms with Crippen molar-refractivity contribution in [3.63, 3.8) is 0 Å². The first-order valence-electron chi connectivity index (χ1n) is 9.15. The summed E-state index contributed by atoms with van der Waals surface area (Å²) >= 11 is 0. The summed E-state index contributed by atoms with van der Waals surface area (Å²) in [5, 5.41) is 9.94. The zero-order valence-electron chi connectivity index (χ0n) is 16.8. The number of piperidine rings is 1. The van der Waals surface area contributed by atoms with E-state index < -0.39 is 17.0 Å². The molecule has 1 aliphatic carbocycles. The van der Waals surface area contributed by atoms with Gasteiger partial charge in [-0.25, -0.2) is 4.79 Å². The Labute approximate surface area is 159 Å². The van der Waals surface area contributed by atoms with Gasteiger partial charge >= 0.3 is 12.1 Å². The van der Waals surface area contributed by atoms with Gasteiger partial charge in [0, 0.05) is 25.7 Å². The number of ether oxygens (including phenoxy) is 2. The molecule has 0 saturated carbocycles. The smallest absolute Gasteiger partial charge is 0.410 e. The van der Waals surface area contributed by atoms with E-state index >= 15 is 0 Å². The molecular formula is C20H28N2O5. The van der Waals surface area contributed by atoms with Crippen LogP contribution in [-0.2, 0) is 14.3 Å². The first kappa shape index (κ1) is 19.3. The van der Waals surface area contributed by atoms with Crippen LogP contribution in [0.25, 0.3) is 0 Å². The molecule has 2 aliphatic heterocycles. The molecule has 2 heterocycles. The fraction of sp³-hybridized carbons (Fsp3) is 0.600. The molecule has 1 saturated heterocycles. The molecule has 7 heteroatoms. The maximum absolute atomic E-state index is 12.6. The van der Waals surface area contributed by atoms with Crippen LogP contribution in [0.4, 0.5) is 4.79 Å². The number of fused-ring (bicyclic) bond motifs is 2. The van der Waals surface area contributed by atoms with Crippen LogP contribution in [0.3, 0.4) is 0 Å². The molecule has 7 nitrogen and oxygen atoms in total. The lowest BCUT2D eigenvalue weighted by Crippen LogP contribution is -2.46. The van der Waals surface area contributed by atoms with Crippen molar-refractivity contribution in [1.82, 2.24) is 9.80 Å². The molecule has 0 aromatic carbocycles. The normalized spacial score (nSPS) is 27.6. The summed E-state index contributed by atoms with van der Waals surface area (Å²) < 4.78 is 11.0. The summed E-state index contributed by atoms with van der Waals surface area (Å²) in [6, 6.07) is 0.0532. The standard InChI is InChI=1S/C20H28N2O5/c1-19(2,3)27-18(25)22-10-8-13-12(11-22)15-16(21(13)5)14(26-6)7-9-20(15,4)17(23)24/h7,9,13H,8,10-11H2,1-6H3,(H,23,24). The highest BCUT2D eigenvalue weighted by Gasteiger charge is 2.50. The SMILES string of the molecule is COC1=C2C(=C3CN(C(=O)OC(C)(C)C)CCC3N2C)C(C)(C(=O)O)C=C1. The van der Waals surface area contributed by atoms with Gasteiger partial charge in [0.25, 0.3) is 0 Å². The predicted octanol–water partition coefficient (Wildman–Crippen LogP) is 2.76. The number of carbonyl (C=O) groups excluding carboxylic acids is 1. The molecule has 0 spiro atoms. The number of likely N-dealkylation sites (tertiary alicyclic amines) is 1. The number of likely N-dealkylation sites (N-methyl/N-ethyl adjacent to an activating group) is 1. The van der Waals surface area contributed by atoms with Gasteiger partial charge in [0.1, 0.15) is 16.8 Å². The summed E-state index contributed by atoms with van der Waals surface area (Å²) in [6.45, 7) is 8.12. The van der Waals surface area contributed by atoms with Crippen molar-refractivity contribution in [1.29, 1.82) is 0 Å². The Morgan fingerprint density at radius 1 is 1.33 bits per heavy atom. The summed E-state index contributed by atoms with van der Waals surface area (Å²) in [7, 11) is 3.54. The summed E-state index contributed by atoms with van der Waals surface area (Å²) in [5.74, 6) is -0.269. The van der Waals surface area contributed by atoms with E-state index in [0.29, 0.717) is 25.3 Å². The molecule has 2 atom stereocenters. The fourth-order valence-corrected chi connectivity index (χ4v) is 4.11. The predicted molar refractivity (Wildman–Crippen MR) is 99.9 cm³/mol. The van der Waals surface area contributed by atoms with Gasteiger partial charge in [-0.2, -0.15) is 0 Å². The van der Waals surface area contributed by atoms with Crippen molar-refractivity contribution in [2.75, 3.05) is 27.2 Å². The number of rotatable bonds is 2. The number of hydrogen-bond acceptors (Lipinski definition) is 5. The largest absolute Gasteiger partial charge is 0.495 e. The van der Waals surface area contributed by atoms with Crippen LogP contribution >= 0.6 is 0 Å². The number of carboxylic acid groups (broad SMARTS) is 1. The van der Waals surface area contributed by atoms with Crippen molar-refractivity contribution in [3.05, 3.63) is 34.8 Å². The lowest BCUT2D eigenvalue weighted by Gasteiger charge is -2.36. The Morgan fingerprint density at radius 2 is 2.00 bits per heavy atom. The quantitative estimate of drug-likeness (QED) is 0.798. The molecular weight excluding hydrogens is 348 g/mol. The minimum Gasteiger partial charge on any atom is -0.495 e. The Morgan fingerprint density at radius 3 is 2.56 bits per heavy atom. The minimum atomic E-state index is -1.16. The number of amides is 1. The monoisotopic (exact) mass is 376 g/mol. The molecule has 1 fully saturated rings. The Balaban J connectivity index is 2.05. The lowest BCUT2D eigenvalue weighted by molar-refractivity contribution is -0.143. The molecule has 0 aromatic heterocycles. The highest BCUT2D eigenvalue weighted by molar-refractivity contribution is 5.85. The first-order chi connectivity index (χ1) is 12.5. The second kappa shape index (κ2) is 6.32. The van der Waals surface area contributed by atoms with E-state index in [1.54, 1.807) is 31.1 Å². The van der Waals surface area contributed by atoms with Crippen molar-refractivity contribution in [3.8, 4) is 0 Å². The first-order valence-corrected chi connectivity index (χ1v) is 9.15. The van der Waals surface area contributed by atoms with Crippen LogP contribution in [0.5, 0.6) is 0 Å². The minimum absolute atomic E-state index is 0.0532. The average molecular weight is 376 g/mol. The van der Waals surface area contributed by atoms with E-state index in [4.69, 9.17) is 9.47 Å². The van der Waals surface area contributed by atoms with Crippen LogP contribution in [0.2, 0.25) is 0 Å². The molecule has 3 aliphatic rings. The second-order valence-electron chi connectivity index (χ2n) is 8.48. The number of aliphatic carboxylic acids is 1. The maximum Gasteiger partial charge on any atom is 0.410 e. The van der Waals surface area contributed by atoms with Gasteiger partial charge in [0.05, 0.1) is 18.8 Å². The summed E-state index contributed by atoms with van der Waals surface area (Å²) in [6.07, 6.45) is 3.74. The van der Waals surface area contributed by atoms with Crippen molar-refractivity contribution >= 4 is 12.1 Å². The third kappa shape index (κ3) is 3.09. The highest BCUT2D eigenvalue weighted by Crippen LogP contribution is 2.50. The van der Waals surface area contributed by atoms with Crippen LogP contribution < -0.4 is 0 Å². The van der Waals surface area contributed by atoms with Crippen molar-refractivity contribution < 1.29 is 24.2 Å². The van der Waals surface area contributed by atoms with E-state index in [1.165, 1.54) is 0 Å². The van der Waals surface area contributed by atoms with Crippen LogP contribution in [0.1, 0.15) is 34.1 Å². The summed E-state index contributed by atoms with van der Waals surface area (Å²) in [5.41, 5.74) is 0.752. The van der Waals surface area contributed by atoms with Crippen molar-refractivity contribution in [2.45, 2.75) is 45.8 Å². The van der Waals surface area contributed by atoms with Gasteiger partial charge in [-0.15, -0.1) is 0 Å². The maximum atomic E-state index is 12.6. The Kier molecular flexibility index (Phi) is 4.52. The second-order valence-corrected chi connectivity index (χ2v) is 8.48. The van der Waals surface area contributed by atoms with Crippen LogP contribution in [-0.4, -0.2) is 65.9 Å². The van der Waals surface area contributed by atoms with Crippen LogP contribution in [0, 0.1) is 5.41 Å². The Hall–Kier alpha value is -2.44. The number of carbonyl (C=O) groups is 2. The fourth-order valence-electron chi connectivity index (χ4n) is 4.11. The van der Waals surface area contributed by atoms with E-state index in [1.807, 2.05) is 27.8 Å². The molecule has 0 aromatic rings. The highest BCUT2D eigenvalue weighted by atomic mass is 16.6. The van der Waals surface area contributed by atoms with Gasteiger partial charge in [0.15, 0.2) is 0 Å². The molecule has 3 rings (SSSR count). The number of nitrogens with zero attached hydrogens (tertiary/aromatic N) is 2. The van der Waals surface area contributed by atoms with Gasteiger partial charge in [-0.05, 0) is 45.8 Å². The number of allylic oxidation sites excluding steroid dienone is 2. The summed E-state index contributed by atoms with van der Waals surface area (Å²) in [4.78, 5) is 28.4. The molecule has 0 bridgehead atoms. The molecule has 1 N–H and O–H groups in total. The topological polar surface area (TPSA) is 79.3 Å². The zero-order chi connectivity index (χ0) is 20.1. The number of methoxy groups -OCH3 is 1. The van der Waals surface area contributed by atoms with Gasteiger partial charge < -0.3 is 24.4 Å². The molecule has 27 heavy (non-hydrogen) atoms. The third-order valence-electron chi connectivity index (χ3n) is 5.45. The average Bonchev–Trinajstić information content (AvgIpc) is 2.87. The van der Waals surface area contributed by atoms with E-state index in [9.17, 15) is 14.7 Å². The van der Waals surface area contributed by atoms with Crippen LogP contribution in [0.15, 0.2) is 34.8 Å². The lowest BCUT2D eigenvalue weighted by atomic mass is 9.75. The molecule has 1 amide bonds. The number of carboxylic acids is 1. The molecule has 0 radical (unpaired) electrons. The van der Waals surface area contributed by atoms with Gasteiger partial charge in [-0.1, -0.05) is 6.08 Å². The Bertz CT molecular complexity index is 774. The van der Waals surface area contributed by atoms with E-state index in [-0.39, 0.29) is 12.1 Å². The molecule has 2 unspecified atom stereocenters. The van der Waals surface area contributed by atoms with Crippen molar-refractivity contribution in [2.24, 2.45) is 5.41 Å². The number of hydrogen-bond donors (Lipinski definition) is 1. The van der Waals surface area contributed by atoms with E-state index in [2.05, 4.69) is 4.90 Å². The van der Waals surface area contributed by atoms with Gasteiger partial charge in [-0.3, -0.25) is 4.79 Å². The third-order valence-corrected chi connectivity index (χ3v) is 5.45. The zero-order valence-corrected chi connectivity index (χ0v) is 16.8. The van der Waals surface area contributed by atoms with E-state index in [0.717, 1.165) is 16.8 Å². The van der Waals surface area contributed by atoms with Gasteiger partial charge in [0.2, 0.25) is 0 Å².